The minimum absolute atomic E-state index is 0.173. The summed E-state index contributed by atoms with van der Waals surface area (Å²) in [4.78, 5) is 4.40. The van der Waals surface area contributed by atoms with Crippen LogP contribution in [0, 0.1) is 6.92 Å². The minimum atomic E-state index is -3.55. The molecule has 0 saturated heterocycles. The number of nitrogens with one attached hydrogen (secondary N) is 2. The molecule has 2 heterocycles. The molecule has 21 heavy (non-hydrogen) atoms. The Labute approximate surface area is 128 Å². The van der Waals surface area contributed by atoms with Gasteiger partial charge in [-0.15, -0.1) is 11.3 Å². The summed E-state index contributed by atoms with van der Waals surface area (Å²) in [6.45, 7) is 6.36. The van der Waals surface area contributed by atoms with Crippen LogP contribution in [0.25, 0.3) is 0 Å². The van der Waals surface area contributed by atoms with Crippen molar-refractivity contribution in [2.75, 3.05) is 13.1 Å². The van der Waals surface area contributed by atoms with E-state index < -0.39 is 10.0 Å². The quantitative estimate of drug-likeness (QED) is 0.697. The molecule has 0 saturated carbocycles. The lowest BCUT2D eigenvalue weighted by molar-refractivity contribution is 0.562. The van der Waals surface area contributed by atoms with E-state index in [2.05, 4.69) is 20.1 Å². The number of hydrogen-bond donors (Lipinski definition) is 2. The third-order valence-corrected chi connectivity index (χ3v) is 5.09. The normalized spacial score (nSPS) is 11.9. The van der Waals surface area contributed by atoms with Crippen molar-refractivity contribution < 1.29 is 8.42 Å². The second-order valence-electron chi connectivity index (χ2n) is 4.50. The van der Waals surface area contributed by atoms with Crippen molar-refractivity contribution in [2.24, 2.45) is 0 Å². The average molecular weight is 329 g/mol. The van der Waals surface area contributed by atoms with Gasteiger partial charge in [0.15, 0.2) is 0 Å². The maximum Gasteiger partial charge on any atom is 0.244 e. The third-order valence-electron chi connectivity index (χ3n) is 2.77. The molecule has 0 bridgehead atoms. The van der Waals surface area contributed by atoms with Gasteiger partial charge in [-0.25, -0.2) is 18.1 Å². The van der Waals surface area contributed by atoms with Gasteiger partial charge in [0.25, 0.3) is 0 Å². The van der Waals surface area contributed by atoms with Gasteiger partial charge in [-0.05, 0) is 13.5 Å². The molecule has 0 amide bonds. The van der Waals surface area contributed by atoms with Crippen molar-refractivity contribution in [3.8, 4) is 0 Å². The molecular weight excluding hydrogens is 310 g/mol. The molecule has 2 aromatic heterocycles. The predicted octanol–water partition coefficient (Wildman–Crippen LogP) is 0.736. The molecule has 0 unspecified atom stereocenters. The lowest BCUT2D eigenvalue weighted by Gasteiger charge is -2.03. The maximum absolute atomic E-state index is 12.2. The molecule has 0 aliphatic rings. The van der Waals surface area contributed by atoms with Crippen molar-refractivity contribution in [1.29, 1.82) is 0 Å². The highest BCUT2D eigenvalue weighted by molar-refractivity contribution is 7.89. The summed E-state index contributed by atoms with van der Waals surface area (Å²) in [6.07, 6.45) is 2.90. The average Bonchev–Trinajstić information content (AvgIpc) is 3.06. The Bertz CT molecular complexity index is 677. The molecule has 0 aliphatic heterocycles. The highest BCUT2D eigenvalue weighted by Crippen LogP contribution is 2.11. The Morgan fingerprint density at radius 2 is 2.24 bits per heavy atom. The van der Waals surface area contributed by atoms with E-state index in [1.807, 2.05) is 19.2 Å². The molecule has 0 spiro atoms. The molecule has 2 rings (SSSR count). The fourth-order valence-electron chi connectivity index (χ4n) is 1.70. The number of hydrogen-bond acceptors (Lipinski definition) is 6. The number of nitrogens with zero attached hydrogens (tertiary/aromatic N) is 3. The van der Waals surface area contributed by atoms with Gasteiger partial charge in [-0.3, -0.25) is 4.68 Å². The fourth-order valence-corrected chi connectivity index (χ4v) is 3.44. The van der Waals surface area contributed by atoms with Crippen LogP contribution in [0.4, 0.5) is 0 Å². The van der Waals surface area contributed by atoms with Crippen LogP contribution in [-0.4, -0.2) is 36.3 Å². The van der Waals surface area contributed by atoms with Gasteiger partial charge in [-0.1, -0.05) is 6.92 Å². The van der Waals surface area contributed by atoms with Gasteiger partial charge in [0, 0.05) is 23.8 Å². The fraction of sp³-hybridized carbons (Fsp3) is 0.500. The third kappa shape index (κ3) is 4.60. The van der Waals surface area contributed by atoms with Crippen LogP contribution in [0.3, 0.4) is 0 Å². The minimum Gasteiger partial charge on any atom is -0.315 e. The molecule has 9 heteroatoms. The first kappa shape index (κ1) is 16.1. The summed E-state index contributed by atoms with van der Waals surface area (Å²) >= 11 is 1.44. The second-order valence-corrected chi connectivity index (χ2v) is 7.21. The monoisotopic (exact) mass is 329 g/mol. The zero-order valence-electron chi connectivity index (χ0n) is 12.0. The van der Waals surface area contributed by atoms with Crippen LogP contribution < -0.4 is 10.0 Å². The van der Waals surface area contributed by atoms with Crippen molar-refractivity contribution in [1.82, 2.24) is 24.8 Å². The van der Waals surface area contributed by atoms with Gasteiger partial charge < -0.3 is 5.32 Å². The van der Waals surface area contributed by atoms with Crippen LogP contribution >= 0.6 is 11.3 Å². The highest BCUT2D eigenvalue weighted by atomic mass is 32.2. The van der Waals surface area contributed by atoms with E-state index in [0.717, 1.165) is 23.8 Å². The molecule has 0 fully saturated rings. The van der Waals surface area contributed by atoms with Crippen molar-refractivity contribution in [2.45, 2.75) is 31.8 Å². The first-order valence-electron chi connectivity index (χ1n) is 6.65. The Morgan fingerprint density at radius 1 is 1.43 bits per heavy atom. The van der Waals surface area contributed by atoms with Crippen LogP contribution in [0.5, 0.6) is 0 Å². The lowest BCUT2D eigenvalue weighted by atomic mass is 10.6. The van der Waals surface area contributed by atoms with Gasteiger partial charge in [0.1, 0.15) is 9.90 Å². The van der Waals surface area contributed by atoms with Crippen molar-refractivity contribution in [3.05, 3.63) is 28.5 Å². The standard InChI is InChI=1S/C12H19N5O2S2/c1-3-13-4-5-17-8-11(6-14-17)21(18,19)15-7-12-16-10(2)9-20-12/h6,8-9,13,15H,3-5,7H2,1-2H3. The van der Waals surface area contributed by atoms with E-state index in [4.69, 9.17) is 0 Å². The Hall–Kier alpha value is -1.29. The Morgan fingerprint density at radius 3 is 2.90 bits per heavy atom. The van der Waals surface area contributed by atoms with Gasteiger partial charge >= 0.3 is 0 Å². The molecule has 0 atom stereocenters. The van der Waals surface area contributed by atoms with E-state index in [9.17, 15) is 8.42 Å². The van der Waals surface area contributed by atoms with E-state index in [-0.39, 0.29) is 11.4 Å². The Kier molecular flexibility index (Phi) is 5.45. The summed E-state index contributed by atoms with van der Waals surface area (Å²) in [5.41, 5.74) is 0.894. The number of sulfonamides is 1. The van der Waals surface area contributed by atoms with E-state index in [0.29, 0.717) is 6.54 Å². The summed E-state index contributed by atoms with van der Waals surface area (Å²) in [6, 6.07) is 0. The highest BCUT2D eigenvalue weighted by Gasteiger charge is 2.16. The number of aromatic nitrogens is 3. The zero-order valence-corrected chi connectivity index (χ0v) is 13.7. The first-order valence-corrected chi connectivity index (χ1v) is 9.01. The molecule has 0 aliphatic carbocycles. The predicted molar refractivity (Wildman–Crippen MR) is 81.6 cm³/mol. The molecular formula is C12H19N5O2S2. The van der Waals surface area contributed by atoms with E-state index in [1.54, 1.807) is 4.68 Å². The summed E-state index contributed by atoms with van der Waals surface area (Å²) in [5, 5.41) is 9.86. The van der Waals surface area contributed by atoms with Crippen LogP contribution in [0.1, 0.15) is 17.6 Å². The van der Waals surface area contributed by atoms with Crippen LogP contribution in [0.15, 0.2) is 22.7 Å². The topological polar surface area (TPSA) is 88.9 Å². The number of likely N-dealkylation sites (N-methyl/N-ethyl adjacent to an activating group) is 1. The van der Waals surface area contributed by atoms with Crippen LogP contribution in [-0.2, 0) is 23.1 Å². The van der Waals surface area contributed by atoms with E-state index >= 15 is 0 Å². The van der Waals surface area contributed by atoms with Gasteiger partial charge in [0.2, 0.25) is 10.0 Å². The van der Waals surface area contributed by atoms with Gasteiger partial charge in [0.05, 0.1) is 19.3 Å². The lowest BCUT2D eigenvalue weighted by Crippen LogP contribution is -2.23. The SMILES string of the molecule is CCNCCn1cc(S(=O)(=O)NCc2nc(C)cs2)cn1. The molecule has 2 N–H and O–H groups in total. The van der Waals surface area contributed by atoms with Crippen molar-refractivity contribution >= 4 is 21.4 Å². The van der Waals surface area contributed by atoms with Crippen molar-refractivity contribution in [3.63, 3.8) is 0 Å². The first-order chi connectivity index (χ1) is 10.0. The molecule has 0 radical (unpaired) electrons. The second kappa shape index (κ2) is 7.12. The summed E-state index contributed by atoms with van der Waals surface area (Å²) < 4.78 is 28.5. The van der Waals surface area contributed by atoms with Gasteiger partial charge in [-0.2, -0.15) is 5.10 Å². The Balaban J connectivity index is 1.95. The molecule has 116 valence electrons. The van der Waals surface area contributed by atoms with E-state index in [1.165, 1.54) is 23.7 Å². The number of rotatable bonds is 8. The molecule has 2 aromatic rings. The number of aryl methyl sites for hydroxylation is 1. The number of thiazole rings is 1. The summed E-state index contributed by atoms with van der Waals surface area (Å²) in [7, 11) is -3.55. The van der Waals surface area contributed by atoms with Crippen LogP contribution in [0.2, 0.25) is 0 Å². The smallest absolute Gasteiger partial charge is 0.244 e. The zero-order chi connectivity index (χ0) is 15.3. The maximum atomic E-state index is 12.2. The molecule has 7 nitrogen and oxygen atoms in total. The summed E-state index contributed by atoms with van der Waals surface area (Å²) in [5.74, 6) is 0. The largest absolute Gasteiger partial charge is 0.315 e. The molecule has 0 aromatic carbocycles.